The summed E-state index contributed by atoms with van der Waals surface area (Å²) in [6.45, 7) is 25.3. The van der Waals surface area contributed by atoms with Crippen molar-refractivity contribution in [1.82, 2.24) is 0 Å². The van der Waals surface area contributed by atoms with Crippen LogP contribution in [0.3, 0.4) is 0 Å². The summed E-state index contributed by atoms with van der Waals surface area (Å²) in [6.07, 6.45) is 0. The third-order valence-electron chi connectivity index (χ3n) is 7.94. The van der Waals surface area contributed by atoms with Crippen LogP contribution in [0.2, 0.25) is 0 Å². The van der Waals surface area contributed by atoms with Crippen molar-refractivity contribution in [2.45, 2.75) is 107 Å². The molecular weight excluding hydrogens is 862 g/mol. The summed E-state index contributed by atoms with van der Waals surface area (Å²) in [7, 11) is 9.14. The van der Waals surface area contributed by atoms with E-state index in [9.17, 15) is 9.59 Å². The monoisotopic (exact) mass is 924 g/mol. The second-order valence-corrected chi connectivity index (χ2v) is 13.4. The summed E-state index contributed by atoms with van der Waals surface area (Å²) in [5.74, 6) is 1.05. The van der Waals surface area contributed by atoms with Crippen molar-refractivity contribution in [3.63, 3.8) is 0 Å². The number of aryl methyl sites for hydroxylation is 4. The molecule has 2 amide bonds. The van der Waals surface area contributed by atoms with E-state index < -0.39 is 11.8 Å². The van der Waals surface area contributed by atoms with Crippen LogP contribution in [0.15, 0.2) is 84.9 Å². The summed E-state index contributed by atoms with van der Waals surface area (Å²) < 4.78 is 0. The van der Waals surface area contributed by atoms with E-state index in [4.69, 9.17) is 0 Å². The molecule has 4 nitrogen and oxygen atoms in total. The topological polar surface area (TPSA) is 71.0 Å². The van der Waals surface area contributed by atoms with Crippen molar-refractivity contribution in [3.8, 4) is 0 Å². The predicted octanol–water partition coefficient (Wildman–Crippen LogP) is 14.8. The molecule has 0 aliphatic heterocycles. The van der Waals surface area contributed by atoms with E-state index in [0.29, 0.717) is 35.0 Å². The Morgan fingerprint density at radius 2 is 0.673 bits per heavy atom. The van der Waals surface area contributed by atoms with Crippen LogP contribution in [-0.2, 0) is 34.6 Å². The van der Waals surface area contributed by atoms with E-state index in [1.54, 1.807) is 0 Å². The molecular formula is C44H62Cl2N2O2Ru2. The number of hydrogen-bond donors (Lipinski definition) is 0. The Hall–Kier alpha value is -2.35. The van der Waals surface area contributed by atoms with Gasteiger partial charge < -0.3 is 25.5 Å². The van der Waals surface area contributed by atoms with Crippen molar-refractivity contribution >= 4 is 42.6 Å². The minimum absolute atomic E-state index is 0. The first-order chi connectivity index (χ1) is 23.6. The van der Waals surface area contributed by atoms with Gasteiger partial charge in [-0.1, -0.05) is 163 Å². The Labute approximate surface area is 346 Å². The molecule has 8 heteroatoms. The molecule has 290 valence electrons. The van der Waals surface area contributed by atoms with Crippen molar-refractivity contribution in [2.24, 2.45) is 0 Å². The maximum atomic E-state index is 10.2. The molecule has 0 spiro atoms. The van der Waals surface area contributed by atoms with Gasteiger partial charge in [0.15, 0.2) is 0 Å². The van der Waals surface area contributed by atoms with Crippen LogP contribution in [0.25, 0.3) is 10.6 Å². The standard InChI is InChI=1S/C22H28N2O2.2C10H14.2CH3.2ClH.2Ru/c1-13(2)17-9-7-15(5)19(11-17)23-21(25)22(26)24-20-12-18(14(3)4)10-8-16(20)6;2*1-8(2)10-6-4-9(3)5-7-10;;;;;;/h7-14H,1-6H3,(H2,23,24,25,26);2*4-8H,1-3H3;2*1H3;2*1H;;/q;;;2*-1;;;2*+2/p-2. The summed E-state index contributed by atoms with van der Waals surface area (Å²) in [4.78, 5) is 20.4. The Balaban J connectivity index is -0.000000762. The fraction of sp³-hybridized carbons (Fsp3) is 0.364. The SMILES string of the molecule is Cc1ccc(C(C)C)cc1.Cc1ccc(C(C)C)cc1.Cc1ccc(C(C)C)cc1[N-]C(=[OH+])C(=[OH+])[N-]c1cc(C(C)C)ccc1C.[CH3-].[CH3-].[Cl][Ru+].[Cl][Ru+]. The van der Waals surface area contributed by atoms with Crippen molar-refractivity contribution in [3.05, 3.63) is 155 Å². The molecule has 0 fully saturated rings. The zero-order chi connectivity index (χ0) is 38.6. The average molecular weight is 924 g/mol. The number of rotatable bonds is 6. The molecule has 0 unspecified atom stereocenters. The Morgan fingerprint density at radius 1 is 0.442 bits per heavy atom. The Bertz CT molecular complexity index is 1450. The van der Waals surface area contributed by atoms with Gasteiger partial charge in [-0.25, -0.2) is 0 Å². The van der Waals surface area contributed by atoms with Crippen LogP contribution >= 0.6 is 19.4 Å². The molecule has 0 heterocycles. The second kappa shape index (κ2) is 29.1. The molecule has 4 rings (SSSR count). The fourth-order valence-corrected chi connectivity index (χ4v) is 4.44. The zero-order valence-electron chi connectivity index (χ0n) is 33.6. The van der Waals surface area contributed by atoms with Gasteiger partial charge in [0, 0.05) is 0 Å². The molecule has 0 aliphatic rings. The predicted molar refractivity (Wildman–Crippen MR) is 226 cm³/mol. The Kier molecular flexibility index (Phi) is 30.2. The van der Waals surface area contributed by atoms with E-state index >= 15 is 0 Å². The minimum atomic E-state index is -0.483. The van der Waals surface area contributed by atoms with Gasteiger partial charge in [0.25, 0.3) is 0 Å². The normalized spacial score (nSPS) is 9.69. The van der Waals surface area contributed by atoms with Gasteiger partial charge in [-0.3, -0.25) is 9.59 Å². The second-order valence-electron chi connectivity index (χ2n) is 13.4. The number of carbonyl (C=O) groups excluding carboxylic acids is 2. The third kappa shape index (κ3) is 20.2. The summed E-state index contributed by atoms with van der Waals surface area (Å²) >= 11 is 3.64. The van der Waals surface area contributed by atoms with Crippen molar-refractivity contribution < 1.29 is 44.2 Å². The van der Waals surface area contributed by atoms with Crippen molar-refractivity contribution in [1.29, 1.82) is 0 Å². The first-order valence-electron chi connectivity index (χ1n) is 16.8. The molecule has 52 heavy (non-hydrogen) atoms. The number of amides is 2. The van der Waals surface area contributed by atoms with Crippen LogP contribution in [0.1, 0.15) is 124 Å². The van der Waals surface area contributed by atoms with E-state index in [0.717, 1.165) is 22.3 Å². The molecule has 2 N–H and O–H groups in total. The van der Waals surface area contributed by atoms with Gasteiger partial charge >= 0.3 is 65.8 Å². The van der Waals surface area contributed by atoms with E-state index in [1.807, 2.05) is 84.9 Å². The van der Waals surface area contributed by atoms with Gasteiger partial charge in [-0.2, -0.15) is 0 Å². The van der Waals surface area contributed by atoms with Gasteiger partial charge in [-0.15, -0.1) is 11.4 Å². The maximum absolute atomic E-state index is 10.2. The van der Waals surface area contributed by atoms with Crippen LogP contribution < -0.4 is 0 Å². The van der Waals surface area contributed by atoms with Crippen LogP contribution in [0.4, 0.5) is 11.4 Å². The van der Waals surface area contributed by atoms with Crippen LogP contribution in [0, 0.1) is 42.5 Å². The van der Waals surface area contributed by atoms with E-state index in [-0.39, 0.29) is 14.9 Å². The first kappa shape index (κ1) is 54.0. The third-order valence-corrected chi connectivity index (χ3v) is 7.94. The number of benzene rings is 4. The molecule has 0 aromatic heterocycles. The number of halogens is 2. The molecule has 4 aromatic rings. The molecule has 0 bridgehead atoms. The fourth-order valence-electron chi connectivity index (χ4n) is 4.44. The van der Waals surface area contributed by atoms with Gasteiger partial charge in [0.2, 0.25) is 0 Å². The summed E-state index contributed by atoms with van der Waals surface area (Å²) in [5.41, 5.74) is 10.9. The van der Waals surface area contributed by atoms with Gasteiger partial charge in [0.1, 0.15) is 0 Å². The first-order valence-corrected chi connectivity index (χ1v) is 21.2. The summed E-state index contributed by atoms with van der Waals surface area (Å²) in [5, 5.41) is 8.35. The molecule has 0 saturated heterocycles. The molecule has 4 aromatic carbocycles. The average Bonchev–Trinajstić information content (AvgIpc) is 3.09. The Morgan fingerprint density at radius 3 is 0.904 bits per heavy atom. The zero-order valence-corrected chi connectivity index (χ0v) is 38.6. The molecule has 0 radical (unpaired) electrons. The van der Waals surface area contributed by atoms with Crippen LogP contribution in [0.5, 0.6) is 0 Å². The summed E-state index contributed by atoms with van der Waals surface area (Å²) in [6, 6.07) is 29.3. The van der Waals surface area contributed by atoms with Gasteiger partial charge in [-0.05, 0) is 73.6 Å². The molecule has 0 aliphatic carbocycles. The van der Waals surface area contributed by atoms with Crippen LogP contribution in [-0.4, -0.2) is 21.4 Å². The quantitative estimate of drug-likeness (QED) is 0.0800. The van der Waals surface area contributed by atoms with E-state index in [1.165, 1.54) is 22.3 Å². The molecule has 0 saturated carbocycles. The molecule has 0 atom stereocenters. The van der Waals surface area contributed by atoms with Gasteiger partial charge in [0.05, 0.1) is 0 Å². The van der Waals surface area contributed by atoms with E-state index in [2.05, 4.69) is 148 Å². The van der Waals surface area contributed by atoms with Crippen molar-refractivity contribution in [2.75, 3.05) is 0 Å². The number of hydrogen-bond acceptors (Lipinski definition) is 0. The number of nitrogens with zero attached hydrogens (tertiary/aromatic N) is 2.